The number of amides is 1. The number of nitrogens with zero attached hydrogens (tertiary/aromatic N) is 2. The topological polar surface area (TPSA) is 45.2 Å². The van der Waals surface area contributed by atoms with E-state index in [1.165, 1.54) is 11.1 Å². The van der Waals surface area contributed by atoms with Gasteiger partial charge in [-0.2, -0.15) is 0 Å². The Morgan fingerprint density at radius 3 is 2.78 bits per heavy atom. The largest absolute Gasteiger partial charge is 0.334 e. The third kappa shape index (κ3) is 5.39. The second kappa shape index (κ2) is 9.65. The Hall–Kier alpha value is -2.20. The van der Waals surface area contributed by atoms with E-state index in [9.17, 15) is 4.79 Å². The van der Waals surface area contributed by atoms with Gasteiger partial charge in [-0.15, -0.1) is 0 Å². The minimum absolute atomic E-state index is 0.217. The van der Waals surface area contributed by atoms with Crippen molar-refractivity contribution in [2.75, 3.05) is 13.1 Å². The average Bonchev–Trinajstić information content (AvgIpc) is 2.96. The minimum Gasteiger partial charge on any atom is -0.334 e. The zero-order valence-corrected chi connectivity index (χ0v) is 16.5. The van der Waals surface area contributed by atoms with Crippen LogP contribution in [-0.4, -0.2) is 34.9 Å². The lowest BCUT2D eigenvalue weighted by Gasteiger charge is -2.32. The molecule has 1 aromatic carbocycles. The predicted molar refractivity (Wildman–Crippen MR) is 110 cm³/mol. The quantitative estimate of drug-likeness (QED) is 0.840. The maximum atomic E-state index is 13.3. The van der Waals surface area contributed by atoms with Crippen LogP contribution >= 0.6 is 0 Å². The molecule has 1 aliphatic heterocycles. The highest BCUT2D eigenvalue weighted by Crippen LogP contribution is 2.25. The van der Waals surface area contributed by atoms with Crippen LogP contribution < -0.4 is 5.32 Å². The zero-order valence-electron chi connectivity index (χ0n) is 16.5. The second-order valence-electron chi connectivity index (χ2n) is 7.64. The maximum Gasteiger partial charge on any atom is 0.223 e. The zero-order chi connectivity index (χ0) is 19.1. The molecule has 1 amide bonds. The lowest BCUT2D eigenvalue weighted by molar-refractivity contribution is -0.135. The molecule has 27 heavy (non-hydrogen) atoms. The van der Waals surface area contributed by atoms with Gasteiger partial charge in [0.2, 0.25) is 5.91 Å². The van der Waals surface area contributed by atoms with Crippen LogP contribution in [0.2, 0.25) is 0 Å². The van der Waals surface area contributed by atoms with Gasteiger partial charge in [-0.1, -0.05) is 37.3 Å². The Kier molecular flexibility index (Phi) is 6.99. The van der Waals surface area contributed by atoms with Gasteiger partial charge in [0.05, 0.1) is 12.2 Å². The number of nitrogens with one attached hydrogen (secondary N) is 1. The van der Waals surface area contributed by atoms with Gasteiger partial charge >= 0.3 is 0 Å². The van der Waals surface area contributed by atoms with Gasteiger partial charge in [-0.05, 0) is 68.5 Å². The highest BCUT2D eigenvalue weighted by Gasteiger charge is 2.26. The number of hydrogen-bond acceptors (Lipinski definition) is 3. The van der Waals surface area contributed by atoms with E-state index in [1.54, 1.807) is 0 Å². The number of aromatic nitrogens is 1. The summed E-state index contributed by atoms with van der Waals surface area (Å²) in [4.78, 5) is 19.9. The minimum atomic E-state index is 0.217. The fourth-order valence-corrected chi connectivity index (χ4v) is 4.03. The van der Waals surface area contributed by atoms with Crippen molar-refractivity contribution in [2.45, 2.75) is 58.0 Å². The van der Waals surface area contributed by atoms with E-state index in [1.807, 2.05) is 24.4 Å². The lowest BCUT2D eigenvalue weighted by atomic mass is 9.93. The lowest BCUT2D eigenvalue weighted by Crippen LogP contribution is -2.41. The molecule has 1 saturated heterocycles. The molecule has 1 aromatic heterocycles. The summed E-state index contributed by atoms with van der Waals surface area (Å²) in [5.41, 5.74) is 3.49. The molecule has 4 heteroatoms. The van der Waals surface area contributed by atoms with Crippen LogP contribution in [0.15, 0.2) is 48.7 Å². The predicted octanol–water partition coefficient (Wildman–Crippen LogP) is 4.05. The number of rotatable bonds is 6. The molecule has 1 aliphatic rings. The molecule has 2 aromatic rings. The molecule has 2 heterocycles. The summed E-state index contributed by atoms with van der Waals surface area (Å²) in [5.74, 6) is 0.456. The smallest absolute Gasteiger partial charge is 0.223 e. The van der Waals surface area contributed by atoms with Crippen LogP contribution in [0.3, 0.4) is 0 Å². The summed E-state index contributed by atoms with van der Waals surface area (Å²) >= 11 is 0. The molecule has 4 nitrogen and oxygen atoms in total. The summed E-state index contributed by atoms with van der Waals surface area (Å²) in [5, 5.41) is 3.46. The molecule has 1 N–H and O–H groups in total. The Labute approximate surface area is 163 Å². The molecule has 0 saturated carbocycles. The van der Waals surface area contributed by atoms with Gasteiger partial charge < -0.3 is 10.2 Å². The third-order valence-corrected chi connectivity index (χ3v) is 5.57. The van der Waals surface area contributed by atoms with Gasteiger partial charge in [0.1, 0.15) is 0 Å². The molecule has 144 valence electrons. The average molecular weight is 366 g/mol. The number of pyridine rings is 1. The van der Waals surface area contributed by atoms with Crippen LogP contribution in [0.25, 0.3) is 0 Å². The first-order valence-electron chi connectivity index (χ1n) is 10.1. The van der Waals surface area contributed by atoms with Crippen LogP contribution in [-0.2, 0) is 11.3 Å². The number of hydrogen-bond donors (Lipinski definition) is 1. The van der Waals surface area contributed by atoms with Crippen molar-refractivity contribution >= 4 is 5.91 Å². The summed E-state index contributed by atoms with van der Waals surface area (Å²) in [7, 11) is 0. The van der Waals surface area contributed by atoms with E-state index in [0.717, 1.165) is 38.0 Å². The summed E-state index contributed by atoms with van der Waals surface area (Å²) in [6, 6.07) is 14.6. The number of aryl methyl sites for hydroxylation is 1. The maximum absolute atomic E-state index is 13.3. The summed E-state index contributed by atoms with van der Waals surface area (Å²) in [6.45, 7) is 6.91. The molecule has 1 fully saturated rings. The first-order chi connectivity index (χ1) is 13.1. The first-order valence-corrected chi connectivity index (χ1v) is 10.1. The van der Waals surface area contributed by atoms with Gasteiger partial charge in [0, 0.05) is 18.7 Å². The highest BCUT2D eigenvalue weighted by atomic mass is 16.2. The van der Waals surface area contributed by atoms with E-state index < -0.39 is 0 Å². The van der Waals surface area contributed by atoms with Gasteiger partial charge in [-0.25, -0.2) is 0 Å². The molecule has 0 bridgehead atoms. The van der Waals surface area contributed by atoms with Crippen LogP contribution in [0.1, 0.15) is 55.3 Å². The molecule has 3 rings (SSSR count). The van der Waals surface area contributed by atoms with Crippen molar-refractivity contribution in [3.63, 3.8) is 0 Å². The van der Waals surface area contributed by atoms with Crippen molar-refractivity contribution < 1.29 is 4.79 Å². The Bertz CT molecular complexity index is 723. The number of carbonyl (C=O) groups is 1. The van der Waals surface area contributed by atoms with Crippen molar-refractivity contribution in [3.8, 4) is 0 Å². The Balaban J connectivity index is 1.76. The monoisotopic (exact) mass is 365 g/mol. The van der Waals surface area contributed by atoms with Crippen molar-refractivity contribution in [2.24, 2.45) is 0 Å². The molecule has 0 aliphatic carbocycles. The van der Waals surface area contributed by atoms with Gasteiger partial charge in [0.15, 0.2) is 0 Å². The van der Waals surface area contributed by atoms with E-state index in [4.69, 9.17) is 0 Å². The van der Waals surface area contributed by atoms with Gasteiger partial charge in [0.25, 0.3) is 0 Å². The van der Waals surface area contributed by atoms with Gasteiger partial charge in [-0.3, -0.25) is 9.78 Å². The van der Waals surface area contributed by atoms with Crippen LogP contribution in [0, 0.1) is 6.92 Å². The second-order valence-corrected chi connectivity index (χ2v) is 7.64. The third-order valence-electron chi connectivity index (χ3n) is 5.57. The molecular formula is C23H31N3O. The summed E-state index contributed by atoms with van der Waals surface area (Å²) < 4.78 is 0. The normalized spacial score (nSPS) is 18.5. The van der Waals surface area contributed by atoms with E-state index >= 15 is 0 Å². The highest BCUT2D eigenvalue weighted by molar-refractivity contribution is 5.77. The molecule has 2 atom stereocenters. The Morgan fingerprint density at radius 2 is 2.00 bits per heavy atom. The Morgan fingerprint density at radius 1 is 1.19 bits per heavy atom. The molecule has 0 radical (unpaired) electrons. The number of benzene rings is 1. The first kappa shape index (κ1) is 19.6. The SMILES string of the molecule is Cc1ccccc1C(C)CC(=O)N(Cc1ccccn1)C1CCCNCC1. The molecular weight excluding hydrogens is 334 g/mol. The molecule has 2 unspecified atom stereocenters. The summed E-state index contributed by atoms with van der Waals surface area (Å²) in [6.07, 6.45) is 5.54. The van der Waals surface area contributed by atoms with E-state index in [2.05, 4.69) is 53.3 Å². The fraction of sp³-hybridized carbons (Fsp3) is 0.478. The molecule has 0 spiro atoms. The fourth-order valence-electron chi connectivity index (χ4n) is 4.03. The number of carbonyl (C=O) groups excluding carboxylic acids is 1. The van der Waals surface area contributed by atoms with E-state index in [-0.39, 0.29) is 11.8 Å². The standard InChI is InChI=1S/C23H31N3O/c1-18-8-3-4-11-22(18)19(2)16-23(27)26(17-20-9-5-6-14-25-20)21-10-7-13-24-15-12-21/h3-6,8-9,11,14,19,21,24H,7,10,12-13,15-17H2,1-2H3. The van der Waals surface area contributed by atoms with Crippen LogP contribution in [0.4, 0.5) is 0 Å². The van der Waals surface area contributed by atoms with Crippen molar-refractivity contribution in [1.29, 1.82) is 0 Å². The van der Waals surface area contributed by atoms with E-state index in [0.29, 0.717) is 19.0 Å². The van der Waals surface area contributed by atoms with Crippen LogP contribution in [0.5, 0.6) is 0 Å². The van der Waals surface area contributed by atoms with Crippen molar-refractivity contribution in [3.05, 3.63) is 65.5 Å². The van der Waals surface area contributed by atoms with Crippen molar-refractivity contribution in [1.82, 2.24) is 15.2 Å².